The summed E-state index contributed by atoms with van der Waals surface area (Å²) in [5.41, 5.74) is 0.299. The van der Waals surface area contributed by atoms with Gasteiger partial charge in [0.05, 0.1) is 11.4 Å². The standard InChI is InChI=1S/C9H11BrFNO2S/c1-15(13,14)5-4-12-9-6-7(10)2-3-8(9)11/h2-3,6,12H,4-5H2,1H3. The third-order valence-electron chi connectivity index (χ3n) is 1.72. The lowest BCUT2D eigenvalue weighted by atomic mass is 10.3. The fourth-order valence-electron chi connectivity index (χ4n) is 1.00. The molecule has 0 aliphatic rings. The number of nitrogens with one attached hydrogen (secondary N) is 1. The predicted octanol–water partition coefficient (Wildman–Crippen LogP) is 2.04. The summed E-state index contributed by atoms with van der Waals surface area (Å²) in [5, 5.41) is 2.73. The summed E-state index contributed by atoms with van der Waals surface area (Å²) in [6.45, 7) is 0.201. The zero-order chi connectivity index (χ0) is 11.5. The monoisotopic (exact) mass is 295 g/mol. The molecule has 0 aliphatic carbocycles. The lowest BCUT2D eigenvalue weighted by molar-refractivity contribution is 0.601. The van der Waals surface area contributed by atoms with Gasteiger partial charge in [-0.1, -0.05) is 15.9 Å². The van der Waals surface area contributed by atoms with Gasteiger partial charge in [-0.2, -0.15) is 0 Å². The van der Waals surface area contributed by atoms with Crippen molar-refractivity contribution in [2.45, 2.75) is 0 Å². The molecule has 0 unspecified atom stereocenters. The van der Waals surface area contributed by atoms with Crippen LogP contribution in [0.2, 0.25) is 0 Å². The van der Waals surface area contributed by atoms with Crippen LogP contribution in [0.1, 0.15) is 0 Å². The van der Waals surface area contributed by atoms with E-state index in [1.54, 1.807) is 12.1 Å². The van der Waals surface area contributed by atoms with Crippen molar-refractivity contribution in [2.24, 2.45) is 0 Å². The third-order valence-corrected chi connectivity index (χ3v) is 3.16. The molecular weight excluding hydrogens is 285 g/mol. The van der Waals surface area contributed by atoms with Crippen LogP contribution in [0.25, 0.3) is 0 Å². The molecule has 0 saturated heterocycles. The maximum atomic E-state index is 13.2. The Kier molecular flexibility index (Phi) is 4.10. The molecule has 6 heteroatoms. The molecule has 0 fully saturated rings. The van der Waals surface area contributed by atoms with E-state index in [-0.39, 0.29) is 12.3 Å². The van der Waals surface area contributed by atoms with Crippen LogP contribution in [-0.4, -0.2) is 27.0 Å². The average Bonchev–Trinajstić information content (AvgIpc) is 2.09. The zero-order valence-corrected chi connectivity index (χ0v) is 10.5. The van der Waals surface area contributed by atoms with Gasteiger partial charge < -0.3 is 5.32 Å². The molecule has 3 nitrogen and oxygen atoms in total. The van der Waals surface area contributed by atoms with E-state index in [0.29, 0.717) is 5.69 Å². The Balaban J connectivity index is 2.61. The van der Waals surface area contributed by atoms with Gasteiger partial charge in [0.15, 0.2) is 0 Å². The molecule has 0 spiro atoms. The van der Waals surface area contributed by atoms with Gasteiger partial charge in [0.2, 0.25) is 0 Å². The highest BCUT2D eigenvalue weighted by molar-refractivity contribution is 9.10. The number of hydrogen-bond donors (Lipinski definition) is 1. The van der Waals surface area contributed by atoms with E-state index in [1.807, 2.05) is 0 Å². The molecule has 0 saturated carbocycles. The molecule has 0 heterocycles. The first-order valence-corrected chi connectivity index (χ1v) is 7.10. The Morgan fingerprint density at radius 3 is 2.73 bits per heavy atom. The fraction of sp³-hybridized carbons (Fsp3) is 0.333. The Hall–Kier alpha value is -0.620. The van der Waals surface area contributed by atoms with Crippen molar-refractivity contribution in [2.75, 3.05) is 23.9 Å². The van der Waals surface area contributed by atoms with Crippen LogP contribution in [0.3, 0.4) is 0 Å². The Morgan fingerprint density at radius 1 is 1.47 bits per heavy atom. The number of sulfone groups is 1. The highest BCUT2D eigenvalue weighted by atomic mass is 79.9. The molecule has 0 amide bonds. The molecule has 1 aromatic carbocycles. The second-order valence-corrected chi connectivity index (χ2v) is 6.36. The van der Waals surface area contributed by atoms with Crippen molar-refractivity contribution in [3.63, 3.8) is 0 Å². The Labute approximate surface area is 96.7 Å². The van der Waals surface area contributed by atoms with Gasteiger partial charge >= 0.3 is 0 Å². The zero-order valence-electron chi connectivity index (χ0n) is 8.13. The molecule has 0 bridgehead atoms. The first-order chi connectivity index (χ1) is 6.88. The second-order valence-electron chi connectivity index (χ2n) is 3.18. The number of halogens is 2. The summed E-state index contributed by atoms with van der Waals surface area (Å²) >= 11 is 3.20. The highest BCUT2D eigenvalue weighted by Crippen LogP contribution is 2.19. The highest BCUT2D eigenvalue weighted by Gasteiger charge is 2.04. The van der Waals surface area contributed by atoms with Crippen LogP contribution in [0.15, 0.2) is 22.7 Å². The Morgan fingerprint density at radius 2 is 2.13 bits per heavy atom. The molecule has 0 aliphatic heterocycles. The normalized spacial score (nSPS) is 11.4. The third kappa shape index (κ3) is 4.61. The van der Waals surface area contributed by atoms with Crippen LogP contribution in [0, 0.1) is 5.82 Å². The average molecular weight is 296 g/mol. The first-order valence-electron chi connectivity index (χ1n) is 4.25. The van der Waals surface area contributed by atoms with Crippen LogP contribution >= 0.6 is 15.9 Å². The molecule has 1 rings (SSSR count). The smallest absolute Gasteiger partial charge is 0.149 e. The van der Waals surface area contributed by atoms with E-state index < -0.39 is 15.7 Å². The van der Waals surface area contributed by atoms with E-state index >= 15 is 0 Å². The fourth-order valence-corrected chi connectivity index (χ4v) is 1.84. The second kappa shape index (κ2) is 4.94. The minimum atomic E-state index is -3.01. The van der Waals surface area contributed by atoms with Gasteiger partial charge in [0, 0.05) is 17.3 Å². The number of benzene rings is 1. The van der Waals surface area contributed by atoms with E-state index in [9.17, 15) is 12.8 Å². The number of anilines is 1. The minimum Gasteiger partial charge on any atom is -0.382 e. The van der Waals surface area contributed by atoms with Crippen molar-refractivity contribution < 1.29 is 12.8 Å². The van der Waals surface area contributed by atoms with Gasteiger partial charge in [-0.05, 0) is 18.2 Å². The summed E-state index contributed by atoms with van der Waals surface area (Å²) in [6, 6.07) is 4.46. The van der Waals surface area contributed by atoms with Crippen LogP contribution in [-0.2, 0) is 9.84 Å². The summed E-state index contributed by atoms with van der Waals surface area (Å²) in [6.07, 6.45) is 1.14. The maximum Gasteiger partial charge on any atom is 0.149 e. The van der Waals surface area contributed by atoms with E-state index in [2.05, 4.69) is 21.2 Å². The summed E-state index contributed by atoms with van der Waals surface area (Å²) < 4.78 is 35.6. The van der Waals surface area contributed by atoms with Crippen molar-refractivity contribution in [1.82, 2.24) is 0 Å². The van der Waals surface area contributed by atoms with Crippen molar-refractivity contribution in [3.8, 4) is 0 Å². The molecule has 15 heavy (non-hydrogen) atoms. The SMILES string of the molecule is CS(=O)(=O)CCNc1cc(Br)ccc1F. The van der Waals surface area contributed by atoms with E-state index in [4.69, 9.17) is 0 Å². The minimum absolute atomic E-state index is 0.0149. The summed E-state index contributed by atoms with van der Waals surface area (Å²) in [5.74, 6) is -0.412. The first kappa shape index (κ1) is 12.4. The quantitative estimate of drug-likeness (QED) is 0.925. The number of hydrogen-bond acceptors (Lipinski definition) is 3. The lowest BCUT2D eigenvalue weighted by Crippen LogP contribution is -2.14. The van der Waals surface area contributed by atoms with Crippen molar-refractivity contribution in [1.29, 1.82) is 0 Å². The lowest BCUT2D eigenvalue weighted by Gasteiger charge is -2.06. The Bertz CT molecular complexity index is 447. The number of rotatable bonds is 4. The van der Waals surface area contributed by atoms with E-state index in [1.165, 1.54) is 6.07 Å². The van der Waals surface area contributed by atoms with Crippen LogP contribution in [0.4, 0.5) is 10.1 Å². The topological polar surface area (TPSA) is 46.2 Å². The molecule has 0 radical (unpaired) electrons. The molecule has 1 aromatic rings. The molecule has 0 aromatic heterocycles. The van der Waals surface area contributed by atoms with Gasteiger partial charge in [-0.25, -0.2) is 12.8 Å². The largest absolute Gasteiger partial charge is 0.382 e. The van der Waals surface area contributed by atoms with Crippen molar-refractivity contribution in [3.05, 3.63) is 28.5 Å². The van der Waals surface area contributed by atoms with Gasteiger partial charge in [-0.3, -0.25) is 0 Å². The molecule has 84 valence electrons. The van der Waals surface area contributed by atoms with Gasteiger partial charge in [0.1, 0.15) is 15.7 Å². The molecular formula is C9H11BrFNO2S. The molecule has 0 atom stereocenters. The maximum absolute atomic E-state index is 13.2. The van der Waals surface area contributed by atoms with Crippen LogP contribution < -0.4 is 5.32 Å². The van der Waals surface area contributed by atoms with Gasteiger partial charge in [0.25, 0.3) is 0 Å². The summed E-state index contributed by atoms with van der Waals surface area (Å²) in [7, 11) is -3.01. The predicted molar refractivity (Wildman–Crippen MR) is 62.3 cm³/mol. The summed E-state index contributed by atoms with van der Waals surface area (Å²) in [4.78, 5) is 0. The van der Waals surface area contributed by atoms with Crippen molar-refractivity contribution >= 4 is 31.5 Å². The van der Waals surface area contributed by atoms with Gasteiger partial charge in [-0.15, -0.1) is 0 Å². The molecule has 1 N–H and O–H groups in total. The van der Waals surface area contributed by atoms with E-state index in [0.717, 1.165) is 10.7 Å². The van der Waals surface area contributed by atoms with Crippen LogP contribution in [0.5, 0.6) is 0 Å².